The summed E-state index contributed by atoms with van der Waals surface area (Å²) in [5.41, 5.74) is 1.27. The monoisotopic (exact) mass is 303 g/mol. The van der Waals surface area contributed by atoms with Gasteiger partial charge in [-0.1, -0.05) is 15.9 Å². The molecule has 92 valence electrons. The third-order valence-corrected chi connectivity index (χ3v) is 3.45. The lowest BCUT2D eigenvalue weighted by atomic mass is 10.0. The fraction of sp³-hybridized carbons (Fsp3) is 0.417. The second-order valence-electron chi connectivity index (χ2n) is 4.16. The first-order chi connectivity index (χ1) is 8.02. The number of hydrogen-bond donors (Lipinski definition) is 0. The normalized spacial score (nSPS) is 19.1. The summed E-state index contributed by atoms with van der Waals surface area (Å²) in [7, 11) is 0. The van der Waals surface area contributed by atoms with E-state index in [0.29, 0.717) is 5.56 Å². The number of nitrogens with zero attached hydrogens (tertiary/aromatic N) is 1. The molecular weight excluding hydrogens is 292 g/mol. The van der Waals surface area contributed by atoms with Crippen LogP contribution in [0, 0.1) is 0 Å². The molecule has 1 fully saturated rings. The van der Waals surface area contributed by atoms with Crippen LogP contribution in [0.1, 0.15) is 23.2 Å². The van der Waals surface area contributed by atoms with E-state index in [4.69, 9.17) is 0 Å². The molecule has 0 unspecified atom stereocenters. The van der Waals surface area contributed by atoms with Gasteiger partial charge in [0.1, 0.15) is 0 Å². The summed E-state index contributed by atoms with van der Waals surface area (Å²) in [6.07, 6.45) is 0.454. The van der Waals surface area contributed by atoms with Crippen LogP contribution in [0.5, 0.6) is 0 Å². The summed E-state index contributed by atoms with van der Waals surface area (Å²) < 4.78 is 26.9. The maximum Gasteiger partial charge on any atom is 0.251 e. The van der Waals surface area contributed by atoms with Gasteiger partial charge in [0.25, 0.3) is 5.92 Å². The molecule has 0 radical (unpaired) electrons. The Morgan fingerprint density at radius 3 is 2.53 bits per heavy atom. The Kier molecular flexibility index (Phi) is 3.47. The van der Waals surface area contributed by atoms with Gasteiger partial charge in [-0.15, -0.1) is 0 Å². The van der Waals surface area contributed by atoms with Gasteiger partial charge < -0.3 is 4.90 Å². The molecule has 0 bridgehead atoms. The second kappa shape index (κ2) is 4.72. The lowest BCUT2D eigenvalue weighted by Crippen LogP contribution is -2.39. The molecule has 1 aromatic carbocycles. The van der Waals surface area contributed by atoms with Crippen molar-refractivity contribution in [3.63, 3.8) is 0 Å². The fourth-order valence-corrected chi connectivity index (χ4v) is 2.36. The molecule has 0 saturated carbocycles. The molecule has 0 N–H and O–H groups in total. The minimum Gasteiger partial charge on any atom is -0.371 e. The number of halogens is 3. The summed E-state index contributed by atoms with van der Waals surface area (Å²) in [6.45, 7) is 0.574. The Balaban J connectivity index is 2.21. The summed E-state index contributed by atoms with van der Waals surface area (Å²) in [4.78, 5) is 12.8. The van der Waals surface area contributed by atoms with Gasteiger partial charge in [0.05, 0.1) is 0 Å². The molecule has 17 heavy (non-hydrogen) atoms. The third kappa shape index (κ3) is 2.83. The molecule has 0 aliphatic carbocycles. The van der Waals surface area contributed by atoms with Crippen molar-refractivity contribution in [2.45, 2.75) is 18.8 Å². The molecule has 2 nitrogen and oxygen atoms in total. The molecule has 0 aromatic heterocycles. The van der Waals surface area contributed by atoms with Crippen molar-refractivity contribution in [3.05, 3.63) is 28.2 Å². The average molecular weight is 304 g/mol. The van der Waals surface area contributed by atoms with Crippen molar-refractivity contribution in [2.24, 2.45) is 0 Å². The fourth-order valence-electron chi connectivity index (χ4n) is 1.98. The molecular formula is C12H12BrF2NO. The molecule has 0 spiro atoms. The minimum absolute atomic E-state index is 0.151. The number of alkyl halides is 2. The highest BCUT2D eigenvalue weighted by Gasteiger charge is 2.34. The van der Waals surface area contributed by atoms with E-state index in [0.717, 1.165) is 16.4 Å². The van der Waals surface area contributed by atoms with Crippen LogP contribution in [0.2, 0.25) is 0 Å². The first-order valence-corrected chi connectivity index (χ1v) is 6.19. The molecule has 1 aliphatic heterocycles. The number of piperidine rings is 1. The SMILES string of the molecule is O=Cc1cc(Br)ccc1N1CCC(F)(F)CC1. The molecule has 2 rings (SSSR count). The van der Waals surface area contributed by atoms with Gasteiger partial charge in [-0.25, -0.2) is 8.78 Å². The van der Waals surface area contributed by atoms with E-state index in [1.165, 1.54) is 0 Å². The van der Waals surface area contributed by atoms with E-state index < -0.39 is 5.92 Å². The number of aldehydes is 1. The number of carbonyl (C=O) groups excluding carboxylic acids is 1. The van der Waals surface area contributed by atoms with Gasteiger partial charge in [0, 0.05) is 41.7 Å². The average Bonchev–Trinajstić information content (AvgIpc) is 2.29. The molecule has 1 saturated heterocycles. The second-order valence-corrected chi connectivity index (χ2v) is 5.08. The van der Waals surface area contributed by atoms with Crippen molar-refractivity contribution in [2.75, 3.05) is 18.0 Å². The number of rotatable bonds is 2. The Hall–Kier alpha value is -0.970. The number of benzene rings is 1. The first kappa shape index (κ1) is 12.5. The van der Waals surface area contributed by atoms with Crippen molar-refractivity contribution >= 4 is 27.9 Å². The predicted octanol–water partition coefficient (Wildman–Crippen LogP) is 3.50. The number of carbonyl (C=O) groups is 1. The Morgan fingerprint density at radius 2 is 1.94 bits per heavy atom. The van der Waals surface area contributed by atoms with Crippen LogP contribution in [-0.2, 0) is 0 Å². The van der Waals surface area contributed by atoms with Gasteiger partial charge >= 0.3 is 0 Å². The molecule has 0 amide bonds. The van der Waals surface area contributed by atoms with Crippen LogP contribution < -0.4 is 4.90 Å². The van der Waals surface area contributed by atoms with E-state index in [-0.39, 0.29) is 25.9 Å². The van der Waals surface area contributed by atoms with Gasteiger partial charge in [0.2, 0.25) is 0 Å². The Bertz CT molecular complexity index is 427. The lowest BCUT2D eigenvalue weighted by Gasteiger charge is -2.34. The van der Waals surface area contributed by atoms with Crippen LogP contribution >= 0.6 is 15.9 Å². The standard InChI is InChI=1S/C12H12BrF2NO/c13-10-1-2-11(9(7-10)8-17)16-5-3-12(14,15)4-6-16/h1-2,7-8H,3-6H2. The lowest BCUT2D eigenvalue weighted by molar-refractivity contribution is -0.0220. The minimum atomic E-state index is -2.56. The summed E-state index contributed by atoms with van der Waals surface area (Å²) in [5, 5.41) is 0. The zero-order chi connectivity index (χ0) is 12.5. The largest absolute Gasteiger partial charge is 0.371 e. The van der Waals surface area contributed by atoms with Crippen LogP contribution in [0.15, 0.2) is 22.7 Å². The van der Waals surface area contributed by atoms with Crippen LogP contribution in [0.25, 0.3) is 0 Å². The molecule has 1 aromatic rings. The highest BCUT2D eigenvalue weighted by atomic mass is 79.9. The van der Waals surface area contributed by atoms with Crippen LogP contribution in [-0.4, -0.2) is 25.3 Å². The van der Waals surface area contributed by atoms with E-state index in [9.17, 15) is 13.6 Å². The molecule has 0 atom stereocenters. The zero-order valence-corrected chi connectivity index (χ0v) is 10.7. The topological polar surface area (TPSA) is 20.3 Å². The maximum absolute atomic E-state index is 13.0. The smallest absolute Gasteiger partial charge is 0.251 e. The van der Waals surface area contributed by atoms with Gasteiger partial charge in [-0.05, 0) is 18.2 Å². The Morgan fingerprint density at radius 1 is 1.29 bits per heavy atom. The van der Waals surface area contributed by atoms with Gasteiger partial charge in [0.15, 0.2) is 6.29 Å². The van der Waals surface area contributed by atoms with E-state index in [2.05, 4.69) is 15.9 Å². The third-order valence-electron chi connectivity index (χ3n) is 2.95. The summed E-state index contributed by atoms with van der Waals surface area (Å²) >= 11 is 3.28. The summed E-state index contributed by atoms with van der Waals surface area (Å²) in [5.74, 6) is -2.56. The molecule has 1 heterocycles. The van der Waals surface area contributed by atoms with Crippen molar-refractivity contribution in [1.82, 2.24) is 0 Å². The van der Waals surface area contributed by atoms with Crippen LogP contribution in [0.4, 0.5) is 14.5 Å². The van der Waals surface area contributed by atoms with E-state index in [1.54, 1.807) is 12.1 Å². The maximum atomic E-state index is 13.0. The predicted molar refractivity (Wildman–Crippen MR) is 65.9 cm³/mol. The highest BCUT2D eigenvalue weighted by molar-refractivity contribution is 9.10. The first-order valence-electron chi connectivity index (χ1n) is 5.39. The Labute approximate surface area is 107 Å². The van der Waals surface area contributed by atoms with Crippen molar-refractivity contribution in [3.8, 4) is 0 Å². The van der Waals surface area contributed by atoms with Crippen molar-refractivity contribution in [1.29, 1.82) is 0 Å². The number of anilines is 1. The van der Waals surface area contributed by atoms with Gasteiger partial charge in [-0.3, -0.25) is 4.79 Å². The van der Waals surface area contributed by atoms with Gasteiger partial charge in [-0.2, -0.15) is 0 Å². The molecule has 5 heteroatoms. The van der Waals surface area contributed by atoms with Crippen LogP contribution in [0.3, 0.4) is 0 Å². The van der Waals surface area contributed by atoms with E-state index in [1.807, 2.05) is 11.0 Å². The molecule has 1 aliphatic rings. The zero-order valence-electron chi connectivity index (χ0n) is 9.13. The quantitative estimate of drug-likeness (QED) is 0.780. The van der Waals surface area contributed by atoms with E-state index >= 15 is 0 Å². The summed E-state index contributed by atoms with van der Waals surface area (Å²) in [6, 6.07) is 5.31. The van der Waals surface area contributed by atoms with Crippen molar-refractivity contribution < 1.29 is 13.6 Å². The highest BCUT2D eigenvalue weighted by Crippen LogP contribution is 2.32. The number of hydrogen-bond acceptors (Lipinski definition) is 2.